The van der Waals surface area contributed by atoms with Gasteiger partial charge < -0.3 is 4.42 Å². The summed E-state index contributed by atoms with van der Waals surface area (Å²) in [5, 5.41) is 4.61. The zero-order valence-corrected chi connectivity index (χ0v) is 28.6. The third-order valence-electron chi connectivity index (χ3n) is 9.95. The van der Waals surface area contributed by atoms with Crippen molar-refractivity contribution in [3.63, 3.8) is 0 Å². The van der Waals surface area contributed by atoms with Gasteiger partial charge in [0.1, 0.15) is 5.52 Å². The standard InChI is InChI=1S/C49H31N3O/c1-3-15-34(16-4-1)44-31-45(51-48(50-44)37-17-5-2-6-18-37)35-25-27-36(28-26-35)46-39-21-10-8-14-33(39)29-30-40(46)41-22-12-24-43-47(41)53-49(52-43)42-23-11-19-32-13-7-9-20-38(32)42/h1-31H. The first-order valence-electron chi connectivity index (χ1n) is 17.8. The van der Waals surface area contributed by atoms with E-state index in [1.807, 2.05) is 42.5 Å². The lowest BCUT2D eigenvalue weighted by atomic mass is 9.89. The number of rotatable bonds is 6. The van der Waals surface area contributed by atoms with Crippen LogP contribution in [0.1, 0.15) is 0 Å². The van der Waals surface area contributed by atoms with Gasteiger partial charge >= 0.3 is 0 Å². The number of fused-ring (bicyclic) bond motifs is 3. The zero-order valence-electron chi connectivity index (χ0n) is 28.6. The van der Waals surface area contributed by atoms with Crippen molar-refractivity contribution in [2.24, 2.45) is 0 Å². The molecule has 4 heteroatoms. The van der Waals surface area contributed by atoms with Crippen molar-refractivity contribution >= 4 is 32.6 Å². The van der Waals surface area contributed by atoms with Crippen LogP contribution in [0.15, 0.2) is 192 Å². The highest BCUT2D eigenvalue weighted by Gasteiger charge is 2.19. The molecule has 0 fully saturated rings. The highest BCUT2D eigenvalue weighted by Crippen LogP contribution is 2.42. The Kier molecular flexibility index (Phi) is 7.43. The Morgan fingerprint density at radius 1 is 0.358 bits per heavy atom. The summed E-state index contributed by atoms with van der Waals surface area (Å²) in [5.74, 6) is 1.32. The Balaban J connectivity index is 1.11. The second-order valence-corrected chi connectivity index (χ2v) is 13.2. The zero-order chi connectivity index (χ0) is 35.1. The van der Waals surface area contributed by atoms with Gasteiger partial charge in [-0.05, 0) is 56.4 Å². The van der Waals surface area contributed by atoms with Crippen molar-refractivity contribution in [1.82, 2.24) is 15.0 Å². The summed E-state index contributed by atoms with van der Waals surface area (Å²) in [6.07, 6.45) is 0. The van der Waals surface area contributed by atoms with E-state index in [0.29, 0.717) is 11.7 Å². The molecule has 0 N–H and O–H groups in total. The molecule has 0 aliphatic carbocycles. The molecule has 2 heterocycles. The molecule has 0 aliphatic rings. The molecule has 10 rings (SSSR count). The van der Waals surface area contributed by atoms with E-state index in [4.69, 9.17) is 19.4 Å². The van der Waals surface area contributed by atoms with E-state index in [9.17, 15) is 0 Å². The molecular weight excluding hydrogens is 647 g/mol. The molecule has 10 aromatic rings. The van der Waals surface area contributed by atoms with Crippen LogP contribution in [0.25, 0.3) is 100 Å². The first kappa shape index (κ1) is 30.6. The largest absolute Gasteiger partial charge is 0.435 e. The number of para-hydroxylation sites is 1. The Bertz CT molecular complexity index is 2870. The summed E-state index contributed by atoms with van der Waals surface area (Å²) in [6, 6.07) is 65.1. The van der Waals surface area contributed by atoms with E-state index in [-0.39, 0.29) is 0 Å². The number of nitrogens with zero attached hydrogens (tertiary/aromatic N) is 3. The van der Waals surface area contributed by atoms with Gasteiger partial charge in [-0.3, -0.25) is 0 Å². The molecular formula is C49H31N3O. The van der Waals surface area contributed by atoms with Gasteiger partial charge in [0, 0.05) is 27.8 Å². The fraction of sp³-hybridized carbons (Fsp3) is 0. The predicted molar refractivity (Wildman–Crippen MR) is 217 cm³/mol. The average molecular weight is 678 g/mol. The second-order valence-electron chi connectivity index (χ2n) is 13.2. The van der Waals surface area contributed by atoms with Gasteiger partial charge in [-0.25, -0.2) is 15.0 Å². The smallest absolute Gasteiger partial charge is 0.227 e. The minimum Gasteiger partial charge on any atom is -0.435 e. The minimum atomic E-state index is 0.616. The molecule has 0 unspecified atom stereocenters. The molecule has 0 bridgehead atoms. The van der Waals surface area contributed by atoms with E-state index < -0.39 is 0 Å². The van der Waals surface area contributed by atoms with Crippen LogP contribution in [0.3, 0.4) is 0 Å². The Labute approximate surface area is 306 Å². The van der Waals surface area contributed by atoms with E-state index in [0.717, 1.165) is 77.8 Å². The molecule has 4 nitrogen and oxygen atoms in total. The third-order valence-corrected chi connectivity index (χ3v) is 9.95. The monoisotopic (exact) mass is 677 g/mol. The summed E-state index contributed by atoms with van der Waals surface area (Å²) >= 11 is 0. The van der Waals surface area contributed by atoms with Gasteiger partial charge in [-0.2, -0.15) is 0 Å². The van der Waals surface area contributed by atoms with Crippen LogP contribution in [0.5, 0.6) is 0 Å². The van der Waals surface area contributed by atoms with E-state index >= 15 is 0 Å². The van der Waals surface area contributed by atoms with Crippen LogP contribution in [0, 0.1) is 0 Å². The highest BCUT2D eigenvalue weighted by molar-refractivity contribution is 6.08. The van der Waals surface area contributed by atoms with Crippen molar-refractivity contribution in [2.45, 2.75) is 0 Å². The van der Waals surface area contributed by atoms with E-state index in [1.165, 1.54) is 10.8 Å². The van der Waals surface area contributed by atoms with Crippen molar-refractivity contribution in [2.75, 3.05) is 0 Å². The fourth-order valence-corrected chi connectivity index (χ4v) is 7.37. The van der Waals surface area contributed by atoms with Crippen LogP contribution in [-0.2, 0) is 0 Å². The van der Waals surface area contributed by atoms with Crippen molar-refractivity contribution in [1.29, 1.82) is 0 Å². The molecule has 0 aliphatic heterocycles. The minimum absolute atomic E-state index is 0.616. The lowest BCUT2D eigenvalue weighted by Crippen LogP contribution is -1.96. The molecule has 0 saturated heterocycles. The first-order valence-corrected chi connectivity index (χ1v) is 17.8. The van der Waals surface area contributed by atoms with Gasteiger partial charge in [-0.1, -0.05) is 170 Å². The summed E-state index contributed by atoms with van der Waals surface area (Å²) in [4.78, 5) is 15.1. The second kappa shape index (κ2) is 12.9. The van der Waals surface area contributed by atoms with Gasteiger partial charge in [0.2, 0.25) is 5.89 Å². The molecule has 0 spiro atoms. The lowest BCUT2D eigenvalue weighted by molar-refractivity contribution is 0.621. The van der Waals surface area contributed by atoms with Crippen molar-refractivity contribution < 1.29 is 4.42 Å². The number of hydrogen-bond acceptors (Lipinski definition) is 4. The van der Waals surface area contributed by atoms with E-state index in [1.54, 1.807) is 0 Å². The summed E-state index contributed by atoms with van der Waals surface area (Å²) in [5.41, 5.74) is 11.7. The average Bonchev–Trinajstić information content (AvgIpc) is 3.68. The number of aromatic nitrogens is 3. The maximum Gasteiger partial charge on any atom is 0.227 e. The van der Waals surface area contributed by atoms with Crippen molar-refractivity contribution in [3.8, 4) is 67.6 Å². The van der Waals surface area contributed by atoms with Crippen LogP contribution in [0.2, 0.25) is 0 Å². The fourth-order valence-electron chi connectivity index (χ4n) is 7.37. The van der Waals surface area contributed by atoms with Gasteiger partial charge in [0.15, 0.2) is 11.4 Å². The van der Waals surface area contributed by atoms with Crippen molar-refractivity contribution in [3.05, 3.63) is 188 Å². The molecule has 53 heavy (non-hydrogen) atoms. The first-order chi connectivity index (χ1) is 26.3. The van der Waals surface area contributed by atoms with Gasteiger partial charge in [0.05, 0.1) is 11.4 Å². The van der Waals surface area contributed by atoms with Gasteiger partial charge in [-0.15, -0.1) is 0 Å². The quantitative estimate of drug-likeness (QED) is 0.176. The Hall–Kier alpha value is -7.17. The van der Waals surface area contributed by atoms with E-state index in [2.05, 4.69) is 146 Å². The van der Waals surface area contributed by atoms with Gasteiger partial charge in [0.25, 0.3) is 0 Å². The molecule has 248 valence electrons. The topological polar surface area (TPSA) is 51.8 Å². The van der Waals surface area contributed by atoms with Crippen LogP contribution in [0.4, 0.5) is 0 Å². The predicted octanol–water partition coefficient (Wildman–Crippen LogP) is 12.9. The maximum absolute atomic E-state index is 6.70. The summed E-state index contributed by atoms with van der Waals surface area (Å²) in [6.45, 7) is 0. The summed E-state index contributed by atoms with van der Waals surface area (Å²) < 4.78 is 6.70. The number of oxazole rings is 1. The SMILES string of the molecule is c1ccc(-c2cc(-c3ccc(-c4c(-c5cccc6nc(-c7cccc8ccccc78)oc56)ccc5ccccc45)cc3)nc(-c3ccccc3)n2)cc1. The molecule has 0 atom stereocenters. The van der Waals surface area contributed by atoms with Crippen LogP contribution >= 0.6 is 0 Å². The maximum atomic E-state index is 6.70. The third kappa shape index (κ3) is 5.54. The highest BCUT2D eigenvalue weighted by atomic mass is 16.3. The Morgan fingerprint density at radius 3 is 1.68 bits per heavy atom. The van der Waals surface area contributed by atoms with Crippen LogP contribution < -0.4 is 0 Å². The number of benzene rings is 8. The molecule has 8 aromatic carbocycles. The Morgan fingerprint density at radius 2 is 0.925 bits per heavy atom. The molecule has 2 aromatic heterocycles. The molecule has 0 radical (unpaired) electrons. The molecule has 0 amide bonds. The molecule has 0 saturated carbocycles. The summed E-state index contributed by atoms with van der Waals surface area (Å²) in [7, 11) is 0. The van der Waals surface area contributed by atoms with Crippen LogP contribution in [-0.4, -0.2) is 15.0 Å². The normalized spacial score (nSPS) is 11.4. The number of hydrogen-bond donors (Lipinski definition) is 0. The lowest BCUT2D eigenvalue weighted by Gasteiger charge is -2.15.